The Kier molecular flexibility index (Phi) is 4.71. The lowest BCUT2D eigenvalue weighted by Crippen LogP contribution is -2.48. The molecule has 20 heavy (non-hydrogen) atoms. The van der Waals surface area contributed by atoms with Crippen LogP contribution in [0.5, 0.6) is 0 Å². The zero-order valence-electron chi connectivity index (χ0n) is 11.5. The summed E-state index contributed by atoms with van der Waals surface area (Å²) in [6.07, 6.45) is -0.236. The van der Waals surface area contributed by atoms with E-state index in [1.807, 2.05) is 13.8 Å². The first-order valence-electron chi connectivity index (χ1n) is 6.48. The predicted octanol–water partition coefficient (Wildman–Crippen LogP) is 1.60. The Hall–Kier alpha value is -0.660. The molecule has 1 aromatic rings. The molecule has 0 radical (unpaired) electrons. The lowest BCUT2D eigenvalue weighted by atomic mass is 10.2. The van der Waals surface area contributed by atoms with Crippen LogP contribution in [0.25, 0.3) is 0 Å². The second kappa shape index (κ2) is 5.99. The number of nitrogens with zero attached hydrogens (tertiary/aromatic N) is 1. The molecule has 1 aliphatic rings. The molecule has 1 aromatic carbocycles. The molecule has 0 bridgehead atoms. The van der Waals surface area contributed by atoms with Gasteiger partial charge in [-0.05, 0) is 31.5 Å². The quantitative estimate of drug-likeness (QED) is 0.918. The topological polar surface area (TPSA) is 72.6 Å². The van der Waals surface area contributed by atoms with Crippen LogP contribution in [0, 0.1) is 0 Å². The van der Waals surface area contributed by atoms with Crippen LogP contribution in [0.15, 0.2) is 23.1 Å². The zero-order valence-corrected chi connectivity index (χ0v) is 13.1. The minimum atomic E-state index is -3.55. The highest BCUT2D eigenvalue weighted by atomic mass is 35.5. The fraction of sp³-hybridized carbons (Fsp3) is 0.538. The maximum absolute atomic E-state index is 12.6. The van der Waals surface area contributed by atoms with Gasteiger partial charge in [-0.15, -0.1) is 0 Å². The molecule has 2 atom stereocenters. The highest BCUT2D eigenvalue weighted by Gasteiger charge is 2.32. The molecule has 7 heteroatoms. The van der Waals surface area contributed by atoms with Gasteiger partial charge in [-0.25, -0.2) is 8.42 Å². The Morgan fingerprint density at radius 2 is 1.95 bits per heavy atom. The third-order valence-corrected chi connectivity index (χ3v) is 5.45. The normalized spacial score (nSPS) is 24.8. The molecule has 0 aromatic heterocycles. The standard InChI is InChI=1S/C13H19ClN2O3S/c1-9-7-16(8-10(2)19-9)20(17,18)12-4-3-11(6-15)13(14)5-12/h3-5,9-10H,6-8,15H2,1-2H3/t9-,10+. The molecular formula is C13H19ClN2O3S. The monoisotopic (exact) mass is 318 g/mol. The predicted molar refractivity (Wildman–Crippen MR) is 78.1 cm³/mol. The lowest BCUT2D eigenvalue weighted by Gasteiger charge is -2.34. The van der Waals surface area contributed by atoms with Crippen LogP contribution in [-0.4, -0.2) is 38.0 Å². The van der Waals surface area contributed by atoms with Crippen LogP contribution in [0.1, 0.15) is 19.4 Å². The molecule has 0 unspecified atom stereocenters. The number of benzene rings is 1. The van der Waals surface area contributed by atoms with Gasteiger partial charge in [0.15, 0.2) is 0 Å². The number of halogens is 1. The van der Waals surface area contributed by atoms with Crippen molar-refractivity contribution in [3.63, 3.8) is 0 Å². The van der Waals surface area contributed by atoms with Crippen molar-refractivity contribution in [2.24, 2.45) is 5.73 Å². The fourth-order valence-corrected chi connectivity index (χ4v) is 4.27. The first kappa shape index (κ1) is 15.7. The highest BCUT2D eigenvalue weighted by molar-refractivity contribution is 7.89. The average molecular weight is 319 g/mol. The van der Waals surface area contributed by atoms with Crippen LogP contribution < -0.4 is 5.73 Å². The van der Waals surface area contributed by atoms with Crippen molar-refractivity contribution in [2.45, 2.75) is 37.5 Å². The molecule has 2 N–H and O–H groups in total. The molecule has 0 aliphatic carbocycles. The number of sulfonamides is 1. The number of morpholine rings is 1. The largest absolute Gasteiger partial charge is 0.373 e. The number of hydrogen-bond acceptors (Lipinski definition) is 4. The summed E-state index contributed by atoms with van der Waals surface area (Å²) in [5, 5.41) is 0.378. The van der Waals surface area contributed by atoms with Crippen LogP contribution in [0.3, 0.4) is 0 Å². The lowest BCUT2D eigenvalue weighted by molar-refractivity contribution is -0.0440. The van der Waals surface area contributed by atoms with Crippen molar-refractivity contribution in [3.05, 3.63) is 28.8 Å². The Bertz CT molecular complexity index is 581. The molecule has 5 nitrogen and oxygen atoms in total. The summed E-state index contributed by atoms with van der Waals surface area (Å²) in [4.78, 5) is 0.195. The van der Waals surface area contributed by atoms with E-state index in [9.17, 15) is 8.42 Å². The van der Waals surface area contributed by atoms with E-state index in [2.05, 4.69) is 0 Å². The Morgan fingerprint density at radius 1 is 1.35 bits per heavy atom. The van der Waals surface area contributed by atoms with E-state index in [4.69, 9.17) is 22.1 Å². The molecule has 0 amide bonds. The van der Waals surface area contributed by atoms with Crippen molar-refractivity contribution in [2.75, 3.05) is 13.1 Å². The third-order valence-electron chi connectivity index (χ3n) is 3.27. The number of ether oxygens (including phenoxy) is 1. The number of rotatable bonds is 3. The van der Waals surface area contributed by atoms with Crippen LogP contribution in [-0.2, 0) is 21.3 Å². The van der Waals surface area contributed by atoms with Crippen LogP contribution in [0.4, 0.5) is 0 Å². The average Bonchev–Trinajstić information content (AvgIpc) is 2.37. The van der Waals surface area contributed by atoms with Crippen molar-refractivity contribution in [1.29, 1.82) is 0 Å². The number of nitrogens with two attached hydrogens (primary N) is 1. The summed E-state index contributed by atoms with van der Waals surface area (Å²) >= 11 is 6.04. The SMILES string of the molecule is C[C@@H]1CN(S(=O)(=O)c2ccc(CN)c(Cl)c2)C[C@H](C)O1. The minimum Gasteiger partial charge on any atom is -0.373 e. The second-order valence-electron chi connectivity index (χ2n) is 5.04. The maximum atomic E-state index is 12.6. The Balaban J connectivity index is 2.32. The first-order valence-corrected chi connectivity index (χ1v) is 8.30. The summed E-state index contributed by atoms with van der Waals surface area (Å²) in [5.41, 5.74) is 6.26. The van der Waals surface area contributed by atoms with E-state index in [-0.39, 0.29) is 23.6 Å². The summed E-state index contributed by atoms with van der Waals surface area (Å²) in [6, 6.07) is 4.67. The third kappa shape index (κ3) is 3.15. The van der Waals surface area contributed by atoms with Crippen molar-refractivity contribution in [3.8, 4) is 0 Å². The summed E-state index contributed by atoms with van der Waals surface area (Å²) in [6.45, 7) is 4.71. The van der Waals surface area contributed by atoms with Gasteiger partial charge in [-0.2, -0.15) is 4.31 Å². The van der Waals surface area contributed by atoms with E-state index in [0.717, 1.165) is 5.56 Å². The van der Waals surface area contributed by atoms with Crippen LogP contribution in [0.2, 0.25) is 5.02 Å². The molecule has 112 valence electrons. The maximum Gasteiger partial charge on any atom is 0.243 e. The van der Waals surface area contributed by atoms with E-state index >= 15 is 0 Å². The first-order chi connectivity index (χ1) is 9.34. The van der Waals surface area contributed by atoms with E-state index in [1.165, 1.54) is 10.4 Å². The Morgan fingerprint density at radius 3 is 2.45 bits per heavy atom. The molecule has 0 spiro atoms. The van der Waals surface area contributed by atoms with Gasteiger partial charge in [0.05, 0.1) is 17.1 Å². The molecule has 2 rings (SSSR count). The molecule has 1 fully saturated rings. The zero-order chi connectivity index (χ0) is 14.9. The summed E-state index contributed by atoms with van der Waals surface area (Å²) in [7, 11) is -3.55. The van der Waals surface area contributed by atoms with Gasteiger partial charge >= 0.3 is 0 Å². The smallest absolute Gasteiger partial charge is 0.243 e. The van der Waals surface area contributed by atoms with Gasteiger partial charge < -0.3 is 10.5 Å². The minimum absolute atomic E-state index is 0.118. The van der Waals surface area contributed by atoms with Gasteiger partial charge in [0, 0.05) is 24.7 Å². The summed E-state index contributed by atoms with van der Waals surface area (Å²) in [5.74, 6) is 0. The number of hydrogen-bond donors (Lipinski definition) is 1. The van der Waals surface area contributed by atoms with Gasteiger partial charge in [0.25, 0.3) is 0 Å². The second-order valence-corrected chi connectivity index (χ2v) is 7.38. The molecule has 1 heterocycles. The molecule has 1 saturated heterocycles. The van der Waals surface area contributed by atoms with Crippen LogP contribution >= 0.6 is 11.6 Å². The van der Waals surface area contributed by atoms with Crippen molar-refractivity contribution in [1.82, 2.24) is 4.31 Å². The summed E-state index contributed by atoms with van der Waals surface area (Å²) < 4.78 is 32.2. The van der Waals surface area contributed by atoms with Gasteiger partial charge in [0.2, 0.25) is 10.0 Å². The van der Waals surface area contributed by atoms with Crippen molar-refractivity contribution >= 4 is 21.6 Å². The molecular weight excluding hydrogens is 300 g/mol. The van der Waals surface area contributed by atoms with E-state index in [1.54, 1.807) is 12.1 Å². The Labute approximate surface area is 124 Å². The van der Waals surface area contributed by atoms with Gasteiger partial charge in [0.1, 0.15) is 0 Å². The van der Waals surface area contributed by atoms with Gasteiger partial charge in [-0.1, -0.05) is 17.7 Å². The van der Waals surface area contributed by atoms with E-state index < -0.39 is 10.0 Å². The highest BCUT2D eigenvalue weighted by Crippen LogP contribution is 2.25. The fourth-order valence-electron chi connectivity index (χ4n) is 2.33. The van der Waals surface area contributed by atoms with E-state index in [0.29, 0.717) is 18.1 Å². The molecule has 1 aliphatic heterocycles. The van der Waals surface area contributed by atoms with Gasteiger partial charge in [-0.3, -0.25) is 0 Å². The van der Waals surface area contributed by atoms with Crippen molar-refractivity contribution < 1.29 is 13.2 Å². The molecule has 0 saturated carbocycles.